The topological polar surface area (TPSA) is 82.0 Å². The highest BCUT2D eigenvalue weighted by atomic mass is 32.2. The Hall–Kier alpha value is -3.26. The first kappa shape index (κ1) is 22.0. The summed E-state index contributed by atoms with van der Waals surface area (Å²) in [4.78, 5) is 15.9. The molecule has 0 saturated heterocycles. The molecule has 0 atom stereocenters. The molecule has 7 nitrogen and oxygen atoms in total. The van der Waals surface area contributed by atoms with E-state index in [-0.39, 0.29) is 5.43 Å². The molecule has 0 saturated carbocycles. The van der Waals surface area contributed by atoms with Crippen molar-refractivity contribution < 1.29 is 9.47 Å². The molecular formula is C24H26N4O3S. The number of nitrogens with one attached hydrogen (secondary N) is 1. The zero-order chi connectivity index (χ0) is 22.7. The minimum absolute atomic E-state index is 0.0344. The number of aromatic amines is 1. The number of rotatable bonds is 8. The van der Waals surface area contributed by atoms with Crippen molar-refractivity contribution in [2.75, 3.05) is 7.11 Å². The maximum atomic E-state index is 12.5. The van der Waals surface area contributed by atoms with Crippen LogP contribution in [0.25, 0.3) is 10.9 Å². The van der Waals surface area contributed by atoms with Gasteiger partial charge in [-0.15, -0.1) is 10.2 Å². The van der Waals surface area contributed by atoms with Gasteiger partial charge >= 0.3 is 0 Å². The molecule has 0 aliphatic heterocycles. The maximum absolute atomic E-state index is 12.5. The van der Waals surface area contributed by atoms with E-state index in [4.69, 9.17) is 9.47 Å². The molecule has 0 aliphatic rings. The Morgan fingerprint density at radius 1 is 1.09 bits per heavy atom. The molecule has 0 radical (unpaired) electrons. The normalized spacial score (nSPS) is 11.1. The van der Waals surface area contributed by atoms with Crippen molar-refractivity contribution in [3.8, 4) is 11.5 Å². The van der Waals surface area contributed by atoms with Gasteiger partial charge in [0.25, 0.3) is 0 Å². The summed E-state index contributed by atoms with van der Waals surface area (Å²) in [5, 5.41) is 10.1. The maximum Gasteiger partial charge on any atom is 0.191 e. The third-order valence-electron chi connectivity index (χ3n) is 5.26. The number of methoxy groups -OCH3 is 1. The van der Waals surface area contributed by atoms with E-state index in [0.29, 0.717) is 23.5 Å². The van der Waals surface area contributed by atoms with E-state index in [1.54, 1.807) is 19.2 Å². The predicted molar refractivity (Wildman–Crippen MR) is 127 cm³/mol. The van der Waals surface area contributed by atoms with Gasteiger partial charge in [0.05, 0.1) is 7.11 Å². The summed E-state index contributed by atoms with van der Waals surface area (Å²) in [6.45, 7) is 7.21. The molecule has 32 heavy (non-hydrogen) atoms. The number of thioether (sulfide) groups is 1. The third kappa shape index (κ3) is 4.65. The quantitative estimate of drug-likeness (QED) is 0.394. The van der Waals surface area contributed by atoms with Crippen molar-refractivity contribution in [3.05, 3.63) is 75.3 Å². The summed E-state index contributed by atoms with van der Waals surface area (Å²) in [6, 6.07) is 13.2. The summed E-state index contributed by atoms with van der Waals surface area (Å²) in [7, 11) is 1.59. The van der Waals surface area contributed by atoms with Crippen LogP contribution in [0.5, 0.6) is 11.5 Å². The molecule has 2 aromatic carbocycles. The Kier molecular flexibility index (Phi) is 6.50. The van der Waals surface area contributed by atoms with Gasteiger partial charge in [0, 0.05) is 35.0 Å². The van der Waals surface area contributed by atoms with Gasteiger partial charge in [0.15, 0.2) is 16.4 Å². The minimum atomic E-state index is -0.0344. The molecule has 2 heterocycles. The Bertz CT molecular complexity index is 1310. The predicted octanol–water partition coefficient (Wildman–Crippen LogP) is 4.64. The number of aryl methyl sites for hydroxylation is 2. The van der Waals surface area contributed by atoms with Gasteiger partial charge in [-0.1, -0.05) is 23.9 Å². The largest absolute Gasteiger partial charge is 0.497 e. The van der Waals surface area contributed by atoms with E-state index in [2.05, 4.69) is 34.2 Å². The summed E-state index contributed by atoms with van der Waals surface area (Å²) in [5.74, 6) is 2.87. The fourth-order valence-electron chi connectivity index (χ4n) is 3.48. The standard InChI is InChI=1S/C24H26N4O3S/c1-5-28-23(13-31-22-10-15(2)6-7-16(22)3)26-27-24(28)32-14-17-11-21(29)19-12-18(30-4)8-9-20(19)25-17/h6-12H,5,13-14H2,1-4H3,(H,25,29). The molecular weight excluding hydrogens is 424 g/mol. The Labute approximate surface area is 190 Å². The lowest BCUT2D eigenvalue weighted by molar-refractivity contribution is 0.286. The van der Waals surface area contributed by atoms with Crippen molar-refractivity contribution in [2.24, 2.45) is 0 Å². The molecule has 0 bridgehead atoms. The van der Waals surface area contributed by atoms with E-state index in [0.717, 1.165) is 45.6 Å². The number of pyridine rings is 1. The van der Waals surface area contributed by atoms with Crippen LogP contribution < -0.4 is 14.9 Å². The highest BCUT2D eigenvalue weighted by molar-refractivity contribution is 7.98. The number of aromatic nitrogens is 4. The molecule has 0 amide bonds. The van der Waals surface area contributed by atoms with Crippen LogP contribution in [-0.4, -0.2) is 26.9 Å². The van der Waals surface area contributed by atoms with Crippen molar-refractivity contribution >= 4 is 22.7 Å². The number of ether oxygens (including phenoxy) is 2. The van der Waals surface area contributed by atoms with Gasteiger partial charge in [0.2, 0.25) is 0 Å². The molecule has 0 unspecified atom stereocenters. The first-order chi connectivity index (χ1) is 15.5. The zero-order valence-corrected chi connectivity index (χ0v) is 19.5. The Morgan fingerprint density at radius 3 is 2.72 bits per heavy atom. The van der Waals surface area contributed by atoms with Crippen LogP contribution in [0.1, 0.15) is 29.6 Å². The molecule has 0 fully saturated rings. The van der Waals surface area contributed by atoms with Crippen LogP contribution in [-0.2, 0) is 18.9 Å². The highest BCUT2D eigenvalue weighted by Gasteiger charge is 2.14. The number of benzene rings is 2. The van der Waals surface area contributed by atoms with Crippen LogP contribution in [0.2, 0.25) is 0 Å². The van der Waals surface area contributed by atoms with Crippen molar-refractivity contribution in [1.82, 2.24) is 19.7 Å². The van der Waals surface area contributed by atoms with Gasteiger partial charge < -0.3 is 19.0 Å². The van der Waals surface area contributed by atoms with Crippen molar-refractivity contribution in [2.45, 2.75) is 44.8 Å². The minimum Gasteiger partial charge on any atom is -0.497 e. The van der Waals surface area contributed by atoms with E-state index >= 15 is 0 Å². The SMILES string of the molecule is CCn1c(COc2cc(C)ccc2C)nnc1SCc1cc(=O)c2cc(OC)ccc2[nH]1. The van der Waals surface area contributed by atoms with Crippen LogP contribution >= 0.6 is 11.8 Å². The summed E-state index contributed by atoms with van der Waals surface area (Å²) < 4.78 is 13.3. The van der Waals surface area contributed by atoms with Crippen LogP contribution in [0.3, 0.4) is 0 Å². The van der Waals surface area contributed by atoms with Crippen molar-refractivity contribution in [1.29, 1.82) is 0 Å². The monoisotopic (exact) mass is 450 g/mol. The average Bonchev–Trinajstić information content (AvgIpc) is 3.19. The summed E-state index contributed by atoms with van der Waals surface area (Å²) >= 11 is 1.54. The third-order valence-corrected chi connectivity index (χ3v) is 6.28. The Morgan fingerprint density at radius 2 is 1.94 bits per heavy atom. The second-order valence-corrected chi connectivity index (χ2v) is 8.50. The van der Waals surface area contributed by atoms with Gasteiger partial charge in [-0.3, -0.25) is 4.79 Å². The molecule has 8 heteroatoms. The molecule has 0 spiro atoms. The highest BCUT2D eigenvalue weighted by Crippen LogP contribution is 2.24. The van der Waals surface area contributed by atoms with Gasteiger partial charge in [-0.25, -0.2) is 0 Å². The first-order valence-electron chi connectivity index (χ1n) is 10.4. The zero-order valence-electron chi connectivity index (χ0n) is 18.6. The second kappa shape index (κ2) is 9.48. The van der Waals surface area contributed by atoms with Crippen LogP contribution in [0, 0.1) is 13.8 Å². The van der Waals surface area contributed by atoms with E-state index in [9.17, 15) is 4.79 Å². The second-order valence-electron chi connectivity index (χ2n) is 7.56. The fourth-order valence-corrected chi connectivity index (χ4v) is 4.41. The molecule has 2 aromatic heterocycles. The van der Waals surface area contributed by atoms with E-state index in [1.807, 2.05) is 36.6 Å². The number of hydrogen-bond donors (Lipinski definition) is 1. The number of H-pyrrole nitrogens is 1. The Balaban J connectivity index is 1.49. The van der Waals surface area contributed by atoms with Crippen LogP contribution in [0.4, 0.5) is 0 Å². The smallest absolute Gasteiger partial charge is 0.191 e. The number of nitrogens with zero attached hydrogens (tertiary/aromatic N) is 3. The van der Waals surface area contributed by atoms with Crippen molar-refractivity contribution in [3.63, 3.8) is 0 Å². The van der Waals surface area contributed by atoms with Gasteiger partial charge in [-0.05, 0) is 56.2 Å². The summed E-state index contributed by atoms with van der Waals surface area (Å²) in [6.07, 6.45) is 0. The number of hydrogen-bond acceptors (Lipinski definition) is 6. The lowest BCUT2D eigenvalue weighted by atomic mass is 10.1. The van der Waals surface area contributed by atoms with E-state index < -0.39 is 0 Å². The number of fused-ring (bicyclic) bond motifs is 1. The lowest BCUT2D eigenvalue weighted by Crippen LogP contribution is -2.08. The molecule has 4 rings (SSSR count). The fraction of sp³-hybridized carbons (Fsp3) is 0.292. The summed E-state index contributed by atoms with van der Waals surface area (Å²) in [5.41, 5.74) is 3.82. The van der Waals surface area contributed by atoms with Gasteiger partial charge in [0.1, 0.15) is 18.1 Å². The van der Waals surface area contributed by atoms with E-state index in [1.165, 1.54) is 11.8 Å². The molecule has 166 valence electrons. The van der Waals surface area contributed by atoms with Gasteiger partial charge in [-0.2, -0.15) is 0 Å². The molecule has 4 aromatic rings. The molecule has 0 aliphatic carbocycles. The first-order valence-corrected chi connectivity index (χ1v) is 11.4. The molecule has 1 N–H and O–H groups in total. The lowest BCUT2D eigenvalue weighted by Gasteiger charge is -2.11. The van der Waals surface area contributed by atoms with Crippen LogP contribution in [0.15, 0.2) is 52.4 Å². The average molecular weight is 451 g/mol.